The van der Waals surface area contributed by atoms with Gasteiger partial charge in [0.05, 0.1) is 16.4 Å². The summed E-state index contributed by atoms with van der Waals surface area (Å²) in [6.07, 6.45) is 3.91. The maximum atomic E-state index is 4.43. The Morgan fingerprint density at radius 2 is 1.74 bits per heavy atom. The number of anilines is 1. The molecule has 0 amide bonds. The minimum atomic E-state index is 0.975. The molecule has 0 fully saturated rings. The van der Waals surface area contributed by atoms with Gasteiger partial charge in [0.2, 0.25) is 0 Å². The molecule has 1 aliphatic rings. The van der Waals surface area contributed by atoms with Gasteiger partial charge >= 0.3 is 0 Å². The predicted octanol–water partition coefficient (Wildman–Crippen LogP) is 4.47. The lowest BCUT2D eigenvalue weighted by Crippen LogP contribution is -2.09. The molecule has 0 unspecified atom stereocenters. The van der Waals surface area contributed by atoms with Crippen LogP contribution >= 0.6 is 11.8 Å². The number of thioether (sulfide) groups is 1. The number of para-hydroxylation sites is 2. The Bertz CT molecular complexity index is 632. The van der Waals surface area contributed by atoms with Gasteiger partial charge in [0.1, 0.15) is 0 Å². The Balaban J connectivity index is 1.78. The first-order chi connectivity index (χ1) is 9.34. The van der Waals surface area contributed by atoms with Crippen LogP contribution in [0.4, 0.5) is 11.4 Å². The molecule has 0 aromatic heterocycles. The van der Waals surface area contributed by atoms with Crippen molar-refractivity contribution < 1.29 is 0 Å². The van der Waals surface area contributed by atoms with Crippen LogP contribution in [0.25, 0.3) is 0 Å². The first-order valence-electron chi connectivity index (χ1n) is 6.14. The summed E-state index contributed by atoms with van der Waals surface area (Å²) < 4.78 is 0. The second-order valence-corrected chi connectivity index (χ2v) is 5.31. The second kappa shape index (κ2) is 5.33. The molecule has 2 nitrogen and oxygen atoms in total. The molecule has 0 saturated carbocycles. The zero-order valence-electron chi connectivity index (χ0n) is 10.7. The highest BCUT2D eigenvalue weighted by Crippen LogP contribution is 2.44. The molecule has 0 saturated heterocycles. The Kier molecular flexibility index (Phi) is 3.38. The highest BCUT2D eigenvalue weighted by Gasteiger charge is 2.20. The summed E-state index contributed by atoms with van der Waals surface area (Å²) in [5.74, 6) is 0. The second-order valence-electron chi connectivity index (χ2n) is 4.25. The third-order valence-electron chi connectivity index (χ3n) is 2.97. The fourth-order valence-electron chi connectivity index (χ4n) is 1.97. The summed E-state index contributed by atoms with van der Waals surface area (Å²) in [5, 5.41) is 1.20. The molecule has 2 aromatic rings. The van der Waals surface area contributed by atoms with Crippen LogP contribution in [0.2, 0.25) is 0 Å². The van der Waals surface area contributed by atoms with Gasteiger partial charge in [-0.15, -0.1) is 0 Å². The van der Waals surface area contributed by atoms with Crippen LogP contribution in [0.15, 0.2) is 75.6 Å². The monoisotopic (exact) mass is 266 g/mol. The number of hydrogen-bond acceptors (Lipinski definition) is 3. The van der Waals surface area contributed by atoms with Crippen molar-refractivity contribution in [3.05, 3.63) is 65.7 Å². The standard InChI is InChI=1S/C16H14N2S/c1-18-14-9-5-6-10-15(14)19-16(18)11-12-17-13-7-3-2-4-8-13/h2-12H,1H3/b16-11+,17-12+. The minimum Gasteiger partial charge on any atom is -0.338 e. The van der Waals surface area contributed by atoms with Crippen molar-refractivity contribution in [2.45, 2.75) is 4.90 Å². The first kappa shape index (κ1) is 12.1. The van der Waals surface area contributed by atoms with Gasteiger partial charge in [-0.1, -0.05) is 42.1 Å². The van der Waals surface area contributed by atoms with Gasteiger partial charge in [-0.3, -0.25) is 4.99 Å². The van der Waals surface area contributed by atoms with Gasteiger partial charge in [-0.2, -0.15) is 0 Å². The van der Waals surface area contributed by atoms with Crippen LogP contribution in [-0.2, 0) is 0 Å². The van der Waals surface area contributed by atoms with E-state index in [9.17, 15) is 0 Å². The molecule has 1 aliphatic heterocycles. The summed E-state index contributed by atoms with van der Waals surface area (Å²) in [6, 6.07) is 18.4. The van der Waals surface area contributed by atoms with Crippen LogP contribution in [-0.4, -0.2) is 13.3 Å². The molecule has 0 spiro atoms. The summed E-state index contributed by atoms with van der Waals surface area (Å²) in [5.41, 5.74) is 2.23. The van der Waals surface area contributed by atoms with Crippen molar-refractivity contribution in [1.82, 2.24) is 0 Å². The Morgan fingerprint density at radius 3 is 2.53 bits per heavy atom. The quantitative estimate of drug-likeness (QED) is 0.745. The van der Waals surface area contributed by atoms with E-state index in [2.05, 4.69) is 47.3 Å². The average molecular weight is 266 g/mol. The normalized spacial score (nSPS) is 16.3. The van der Waals surface area contributed by atoms with Crippen LogP contribution in [0.5, 0.6) is 0 Å². The topological polar surface area (TPSA) is 15.6 Å². The smallest absolute Gasteiger partial charge is 0.0814 e. The van der Waals surface area contributed by atoms with Crippen molar-refractivity contribution in [3.8, 4) is 0 Å². The number of hydrogen-bond donors (Lipinski definition) is 0. The van der Waals surface area contributed by atoms with Crippen molar-refractivity contribution in [2.24, 2.45) is 4.99 Å². The summed E-state index contributed by atoms with van der Waals surface area (Å²) in [4.78, 5) is 7.91. The van der Waals surface area contributed by atoms with E-state index in [1.54, 1.807) is 11.8 Å². The largest absolute Gasteiger partial charge is 0.338 e. The van der Waals surface area contributed by atoms with Crippen LogP contribution in [0, 0.1) is 0 Å². The maximum Gasteiger partial charge on any atom is 0.0814 e. The van der Waals surface area contributed by atoms with Gasteiger partial charge < -0.3 is 4.90 Å². The number of aliphatic imine (C=N–C) groups is 1. The summed E-state index contributed by atoms with van der Waals surface area (Å²) in [6.45, 7) is 0. The number of allylic oxidation sites excluding steroid dienone is 1. The molecule has 94 valence electrons. The summed E-state index contributed by atoms with van der Waals surface area (Å²) in [7, 11) is 2.08. The SMILES string of the molecule is CN1/C(=C\C=N\c2ccccc2)Sc2ccccc21. The van der Waals surface area contributed by atoms with Crippen molar-refractivity contribution in [1.29, 1.82) is 0 Å². The molecule has 0 N–H and O–H groups in total. The molecule has 0 aliphatic carbocycles. The van der Waals surface area contributed by atoms with E-state index in [1.807, 2.05) is 36.5 Å². The van der Waals surface area contributed by atoms with Gasteiger partial charge in [-0.05, 0) is 30.3 Å². The zero-order valence-corrected chi connectivity index (χ0v) is 11.5. The lowest BCUT2D eigenvalue weighted by molar-refractivity contribution is 1.18. The minimum absolute atomic E-state index is 0.975. The molecule has 19 heavy (non-hydrogen) atoms. The van der Waals surface area contributed by atoms with Gasteiger partial charge in [0.25, 0.3) is 0 Å². The highest BCUT2D eigenvalue weighted by molar-refractivity contribution is 8.03. The average Bonchev–Trinajstić information content (AvgIpc) is 2.78. The van der Waals surface area contributed by atoms with Gasteiger partial charge in [0, 0.05) is 18.2 Å². The molecular weight excluding hydrogens is 252 g/mol. The van der Waals surface area contributed by atoms with E-state index in [4.69, 9.17) is 0 Å². The third-order valence-corrected chi connectivity index (χ3v) is 4.15. The third kappa shape index (κ3) is 2.56. The van der Waals surface area contributed by atoms with Gasteiger partial charge in [-0.25, -0.2) is 0 Å². The molecule has 3 heteroatoms. The Hall–Kier alpha value is -2.00. The molecule has 3 rings (SSSR count). The number of fused-ring (bicyclic) bond motifs is 1. The molecule has 2 aromatic carbocycles. The fraction of sp³-hybridized carbons (Fsp3) is 0.0625. The van der Waals surface area contributed by atoms with Crippen molar-refractivity contribution in [2.75, 3.05) is 11.9 Å². The molecule has 0 atom stereocenters. The predicted molar refractivity (Wildman–Crippen MR) is 83.4 cm³/mol. The van der Waals surface area contributed by atoms with E-state index in [1.165, 1.54) is 15.6 Å². The van der Waals surface area contributed by atoms with E-state index >= 15 is 0 Å². The van der Waals surface area contributed by atoms with Crippen LogP contribution in [0.1, 0.15) is 0 Å². The maximum absolute atomic E-state index is 4.43. The lowest BCUT2D eigenvalue weighted by atomic mass is 10.3. The van der Waals surface area contributed by atoms with E-state index in [-0.39, 0.29) is 0 Å². The Morgan fingerprint density at radius 1 is 1.00 bits per heavy atom. The van der Waals surface area contributed by atoms with Crippen molar-refractivity contribution >= 4 is 29.4 Å². The van der Waals surface area contributed by atoms with Crippen molar-refractivity contribution in [3.63, 3.8) is 0 Å². The number of nitrogens with zero attached hydrogens (tertiary/aromatic N) is 2. The fourth-order valence-corrected chi connectivity index (χ4v) is 3.01. The number of benzene rings is 2. The molecule has 1 heterocycles. The van der Waals surface area contributed by atoms with E-state index < -0.39 is 0 Å². The molecular formula is C16H14N2S. The summed E-state index contributed by atoms with van der Waals surface area (Å²) >= 11 is 1.78. The van der Waals surface area contributed by atoms with E-state index in [0.717, 1.165) is 5.69 Å². The lowest BCUT2D eigenvalue weighted by Gasteiger charge is -2.12. The molecule has 0 radical (unpaired) electrons. The van der Waals surface area contributed by atoms with Crippen LogP contribution < -0.4 is 4.90 Å². The molecule has 0 bridgehead atoms. The first-order valence-corrected chi connectivity index (χ1v) is 6.96. The number of rotatable bonds is 2. The zero-order chi connectivity index (χ0) is 13.1. The van der Waals surface area contributed by atoms with Crippen LogP contribution in [0.3, 0.4) is 0 Å². The highest BCUT2D eigenvalue weighted by atomic mass is 32.2. The van der Waals surface area contributed by atoms with E-state index in [0.29, 0.717) is 0 Å². The Labute approximate surface area is 117 Å². The van der Waals surface area contributed by atoms with Gasteiger partial charge in [0.15, 0.2) is 0 Å².